The summed E-state index contributed by atoms with van der Waals surface area (Å²) in [6.45, 7) is 8.31. The standard InChI is InChI=1S/C19H27O4.Zn/c1-3-13-9-12(2)17-18(21-13)10-14(20-17)16-15(11-18)22-19(23-16)7-5-4-6-8-19;/h13-17H,1-11H2;/q-1;/t13?,14-,15-,16+,17+,18-;/m1./s1. The van der Waals surface area contributed by atoms with Gasteiger partial charge in [0.1, 0.15) is 17.8 Å². The van der Waals surface area contributed by atoms with Crippen molar-refractivity contribution < 1.29 is 38.4 Å². The maximum atomic E-state index is 6.50. The third-order valence-corrected chi connectivity index (χ3v) is 6.53. The molecule has 0 aromatic carbocycles. The predicted molar refractivity (Wildman–Crippen MR) is 84.8 cm³/mol. The van der Waals surface area contributed by atoms with Crippen molar-refractivity contribution in [3.63, 3.8) is 0 Å². The summed E-state index contributed by atoms with van der Waals surface area (Å²) < 4.78 is 25.8. The molecule has 2 bridgehead atoms. The van der Waals surface area contributed by atoms with E-state index in [4.69, 9.17) is 18.9 Å². The maximum Gasteiger partial charge on any atom is 0.169 e. The predicted octanol–water partition coefficient (Wildman–Crippen LogP) is 3.30. The van der Waals surface area contributed by atoms with Crippen LogP contribution in [-0.4, -0.2) is 41.9 Å². The number of fused-ring (bicyclic) bond motifs is 3. The van der Waals surface area contributed by atoms with E-state index >= 15 is 0 Å². The van der Waals surface area contributed by atoms with Crippen molar-refractivity contribution in [1.29, 1.82) is 0 Å². The zero-order valence-electron chi connectivity index (χ0n) is 14.5. The first-order valence-corrected chi connectivity index (χ1v) is 9.29. The van der Waals surface area contributed by atoms with Gasteiger partial charge in [-0.1, -0.05) is 13.0 Å². The number of hydrogen-bond acceptors (Lipinski definition) is 4. The third-order valence-electron chi connectivity index (χ3n) is 6.53. The summed E-state index contributed by atoms with van der Waals surface area (Å²) in [6, 6.07) is 0. The minimum atomic E-state index is -0.342. The number of hydrogen-bond donors (Lipinski definition) is 0. The van der Waals surface area contributed by atoms with Crippen molar-refractivity contribution in [2.75, 3.05) is 0 Å². The first-order chi connectivity index (χ1) is 11.1. The van der Waals surface area contributed by atoms with Gasteiger partial charge in [0.05, 0.1) is 12.2 Å². The smallest absolute Gasteiger partial charge is 0.169 e. The molecule has 0 amide bonds. The molecular weight excluding hydrogens is 358 g/mol. The van der Waals surface area contributed by atoms with E-state index in [2.05, 4.69) is 13.5 Å². The molecule has 24 heavy (non-hydrogen) atoms. The molecule has 3 aliphatic heterocycles. The molecule has 0 aromatic heterocycles. The van der Waals surface area contributed by atoms with E-state index in [1.807, 2.05) is 0 Å². The van der Waals surface area contributed by atoms with E-state index in [1.165, 1.54) is 24.8 Å². The van der Waals surface area contributed by atoms with Crippen molar-refractivity contribution in [2.24, 2.45) is 0 Å². The molecule has 5 heteroatoms. The largest absolute Gasteiger partial charge is 0.371 e. The average Bonchev–Trinajstić information content (AvgIpc) is 3.05. The Balaban J connectivity index is 0.00000146. The zero-order chi connectivity index (χ0) is 15.7. The van der Waals surface area contributed by atoms with Crippen LogP contribution >= 0.6 is 0 Å². The van der Waals surface area contributed by atoms with Crippen molar-refractivity contribution in [1.82, 2.24) is 0 Å². The van der Waals surface area contributed by atoms with Crippen molar-refractivity contribution in [3.8, 4) is 0 Å². The van der Waals surface area contributed by atoms with Gasteiger partial charge in [0.25, 0.3) is 0 Å². The first-order valence-electron chi connectivity index (χ1n) is 9.29. The Labute approximate surface area is 157 Å². The summed E-state index contributed by atoms with van der Waals surface area (Å²) in [4.78, 5) is 0. The molecule has 2 saturated carbocycles. The fraction of sp³-hybridized carbons (Fsp3) is 0.842. The van der Waals surface area contributed by atoms with Crippen LogP contribution in [0, 0.1) is 6.92 Å². The molecule has 130 valence electrons. The van der Waals surface area contributed by atoms with Crippen molar-refractivity contribution in [2.45, 2.75) is 99.7 Å². The van der Waals surface area contributed by atoms with Gasteiger partial charge < -0.3 is 25.9 Å². The van der Waals surface area contributed by atoms with Gasteiger partial charge >= 0.3 is 0 Å². The Kier molecular flexibility index (Phi) is 4.50. The summed E-state index contributed by atoms with van der Waals surface area (Å²) in [5.41, 5.74) is 0.910. The third kappa shape index (κ3) is 2.50. The van der Waals surface area contributed by atoms with Gasteiger partial charge in [-0.3, -0.25) is 0 Å². The monoisotopic (exact) mass is 383 g/mol. The molecular formula is C19H27O4Zn-. The summed E-state index contributed by atoms with van der Waals surface area (Å²) in [5.74, 6) is -0.342. The molecule has 4 nitrogen and oxygen atoms in total. The molecule has 0 N–H and O–H groups in total. The minimum Gasteiger partial charge on any atom is -0.371 e. The number of ether oxygens (including phenoxy) is 4. The van der Waals surface area contributed by atoms with Gasteiger partial charge in [-0.05, 0) is 24.8 Å². The number of rotatable bonds is 1. The molecule has 2 spiro atoms. The molecule has 1 unspecified atom stereocenters. The molecule has 2 aliphatic carbocycles. The minimum absolute atomic E-state index is 0. The fourth-order valence-electron chi connectivity index (χ4n) is 5.57. The van der Waals surface area contributed by atoms with Gasteiger partial charge in [-0.2, -0.15) is 6.42 Å². The van der Waals surface area contributed by atoms with Crippen LogP contribution in [0.1, 0.15) is 57.8 Å². The van der Waals surface area contributed by atoms with Crippen molar-refractivity contribution >= 4 is 0 Å². The van der Waals surface area contributed by atoms with E-state index in [1.54, 1.807) is 0 Å². The van der Waals surface area contributed by atoms with Crippen molar-refractivity contribution in [3.05, 3.63) is 19.1 Å². The van der Waals surface area contributed by atoms with Gasteiger partial charge in [-0.25, -0.2) is 0 Å². The van der Waals surface area contributed by atoms with Crippen LogP contribution < -0.4 is 0 Å². The molecule has 3 saturated heterocycles. The quantitative estimate of drug-likeness (QED) is 0.395. The SMILES string of the molecule is C=C1CC(C[CH2-])O[C@@]23C[C@@H](O[C@@H]12)[C@@H]1OC2(CCCCC2)O[C@@H]1C3.[Zn]. The van der Waals surface area contributed by atoms with Crippen LogP contribution in [0.2, 0.25) is 0 Å². The van der Waals surface area contributed by atoms with E-state index in [9.17, 15) is 0 Å². The molecule has 6 atom stereocenters. The molecule has 3 heterocycles. The van der Waals surface area contributed by atoms with Crippen LogP contribution in [0.4, 0.5) is 0 Å². The summed E-state index contributed by atoms with van der Waals surface area (Å²) >= 11 is 0. The summed E-state index contributed by atoms with van der Waals surface area (Å²) in [5, 5.41) is 0. The normalized spacial score (nSPS) is 48.7. The molecule has 5 rings (SSSR count). The van der Waals surface area contributed by atoms with Gasteiger partial charge in [-0.15, -0.1) is 0 Å². The van der Waals surface area contributed by atoms with Crippen LogP contribution in [0.15, 0.2) is 12.2 Å². The molecule has 5 aliphatic rings. The molecule has 0 aromatic rings. The van der Waals surface area contributed by atoms with Gasteiger partial charge in [0.2, 0.25) is 0 Å². The Morgan fingerprint density at radius 1 is 1.04 bits per heavy atom. The Bertz CT molecular complexity index is 517. The van der Waals surface area contributed by atoms with Crippen LogP contribution in [0.5, 0.6) is 0 Å². The molecule has 5 fully saturated rings. The second-order valence-corrected chi connectivity index (χ2v) is 8.13. The van der Waals surface area contributed by atoms with E-state index in [-0.39, 0.29) is 61.4 Å². The second-order valence-electron chi connectivity index (χ2n) is 8.13. The zero-order valence-corrected chi connectivity index (χ0v) is 17.5. The van der Waals surface area contributed by atoms with E-state index in [0.29, 0.717) is 0 Å². The van der Waals surface area contributed by atoms with Crippen LogP contribution in [-0.2, 0) is 38.4 Å². The van der Waals surface area contributed by atoms with Crippen LogP contribution in [0.3, 0.4) is 0 Å². The van der Waals surface area contributed by atoms with Gasteiger partial charge in [0.15, 0.2) is 5.79 Å². The first kappa shape index (κ1) is 17.6. The van der Waals surface area contributed by atoms with Gasteiger partial charge in [0, 0.05) is 51.3 Å². The average molecular weight is 385 g/mol. The second kappa shape index (κ2) is 6.13. The Morgan fingerprint density at radius 3 is 2.54 bits per heavy atom. The van der Waals surface area contributed by atoms with E-state index < -0.39 is 0 Å². The topological polar surface area (TPSA) is 36.9 Å². The Morgan fingerprint density at radius 2 is 1.79 bits per heavy atom. The fourth-order valence-corrected chi connectivity index (χ4v) is 5.57. The molecule has 0 radical (unpaired) electrons. The Hall–Kier alpha value is 0.203. The summed E-state index contributed by atoms with van der Waals surface area (Å²) in [7, 11) is 0. The summed E-state index contributed by atoms with van der Waals surface area (Å²) in [6.07, 6.45) is 9.62. The maximum absolute atomic E-state index is 6.50. The van der Waals surface area contributed by atoms with E-state index in [0.717, 1.165) is 38.5 Å². The van der Waals surface area contributed by atoms with Crippen LogP contribution in [0.25, 0.3) is 0 Å².